The van der Waals surface area contributed by atoms with E-state index >= 15 is 0 Å². The van der Waals surface area contributed by atoms with Crippen molar-refractivity contribution >= 4 is 17.6 Å². The van der Waals surface area contributed by atoms with Gasteiger partial charge in [0.05, 0.1) is 49.8 Å². The molecule has 3 heterocycles. The van der Waals surface area contributed by atoms with E-state index in [1.54, 1.807) is 43.6 Å². The highest BCUT2D eigenvalue weighted by molar-refractivity contribution is 6.30. The fraction of sp³-hybridized carbons (Fsp3) is 0.605. The van der Waals surface area contributed by atoms with Gasteiger partial charge >= 0.3 is 5.97 Å². The number of rotatable bonds is 11. The number of carbonyl (C=O) groups excluding carboxylic acids is 1. The third-order valence-corrected chi connectivity index (χ3v) is 9.65. The van der Waals surface area contributed by atoms with Crippen LogP contribution in [0.2, 0.25) is 5.02 Å². The Morgan fingerprint density at radius 1 is 1.04 bits per heavy atom. The molecule has 0 spiro atoms. The van der Waals surface area contributed by atoms with Gasteiger partial charge in [-0.05, 0) is 76.4 Å². The standard InChI is InChI=1S/C38H55ClN4O9/c1-24-9-7-8-10-31(49-23-30-22-43(41-40-30)21-27-11-13-29(39)14-12-27)20-25(2)50-33(45)16-15-32(48-6)37(28(19-24)17-18-44)52-38-36(47)34(42(4)5)35(46)26(3)51-38/h7-16,22,24-26,28,31-32,34-38,44,46-47H,17-21,23H2,1-6H3/b9-7+,10-8+,16-15+/t24-,25-,26-,28?,31-,32+,34+,35-,36-,37+,38+/m1/s1. The van der Waals surface area contributed by atoms with E-state index < -0.39 is 54.9 Å². The van der Waals surface area contributed by atoms with Gasteiger partial charge in [-0.1, -0.05) is 60.2 Å². The van der Waals surface area contributed by atoms with Crippen molar-refractivity contribution in [2.75, 3.05) is 27.8 Å². The van der Waals surface area contributed by atoms with Gasteiger partial charge in [0.1, 0.15) is 24.0 Å². The Morgan fingerprint density at radius 2 is 1.77 bits per heavy atom. The van der Waals surface area contributed by atoms with Crippen LogP contribution in [0.4, 0.5) is 0 Å². The zero-order valence-electron chi connectivity index (χ0n) is 30.9. The number of benzene rings is 1. The molecule has 1 unspecified atom stereocenters. The summed E-state index contributed by atoms with van der Waals surface area (Å²) in [6.07, 6.45) is 7.71. The maximum atomic E-state index is 13.1. The lowest BCUT2D eigenvalue weighted by atomic mass is 9.85. The van der Waals surface area contributed by atoms with Crippen LogP contribution in [0.1, 0.15) is 51.3 Å². The van der Waals surface area contributed by atoms with E-state index in [-0.39, 0.29) is 31.2 Å². The molecule has 0 bridgehead atoms. The molecule has 1 saturated heterocycles. The third kappa shape index (κ3) is 12.3. The number of aliphatic hydroxyl groups excluding tert-OH is 3. The zero-order valence-corrected chi connectivity index (χ0v) is 31.7. The topological polar surface area (TPSA) is 158 Å². The summed E-state index contributed by atoms with van der Waals surface area (Å²) >= 11 is 6.01. The molecule has 288 valence electrons. The van der Waals surface area contributed by atoms with Gasteiger partial charge in [-0.2, -0.15) is 0 Å². The Kier molecular flexibility index (Phi) is 16.4. The number of cyclic esters (lactones) is 1. The fourth-order valence-corrected chi connectivity index (χ4v) is 6.82. The van der Waals surface area contributed by atoms with Crippen molar-refractivity contribution in [2.45, 2.75) is 108 Å². The molecule has 2 aromatic rings. The Balaban J connectivity index is 1.51. The monoisotopic (exact) mass is 746 g/mol. The molecule has 4 rings (SSSR count). The van der Waals surface area contributed by atoms with E-state index in [0.29, 0.717) is 36.5 Å². The summed E-state index contributed by atoms with van der Waals surface area (Å²) in [7, 11) is 5.05. The number of likely N-dealkylation sites (N-methyl/N-ethyl adjacent to an activating group) is 1. The summed E-state index contributed by atoms with van der Waals surface area (Å²) in [6, 6.07) is 6.91. The Hall–Kier alpha value is -2.98. The first-order valence-electron chi connectivity index (χ1n) is 17.8. The number of hydrogen-bond acceptors (Lipinski definition) is 12. The van der Waals surface area contributed by atoms with Crippen molar-refractivity contribution in [3.63, 3.8) is 0 Å². The van der Waals surface area contributed by atoms with E-state index in [1.807, 2.05) is 48.7 Å². The van der Waals surface area contributed by atoms with Crippen LogP contribution >= 0.6 is 11.6 Å². The van der Waals surface area contributed by atoms with Crippen molar-refractivity contribution in [1.82, 2.24) is 19.9 Å². The SMILES string of the molecule is CO[C@H]1/C=C/C(=O)O[C@H](C)C[C@H](OCc2cn(Cc3ccc(Cl)cc3)nn2)/C=C/C=C/[C@@H](C)CC(CCO)[C@@H]1O[C@@H]1O[C@H](C)[C@@H](O)[C@H](N(C)C)[C@H]1O. The smallest absolute Gasteiger partial charge is 0.330 e. The summed E-state index contributed by atoms with van der Waals surface area (Å²) in [5.41, 5.74) is 1.71. The Labute approximate surface area is 311 Å². The van der Waals surface area contributed by atoms with E-state index in [1.165, 1.54) is 13.2 Å². The maximum absolute atomic E-state index is 13.1. The molecule has 2 aliphatic heterocycles. The lowest BCUT2D eigenvalue weighted by Gasteiger charge is -2.46. The third-order valence-electron chi connectivity index (χ3n) is 9.40. The molecule has 52 heavy (non-hydrogen) atoms. The van der Waals surface area contributed by atoms with Crippen LogP contribution in [0.15, 0.2) is 66.9 Å². The lowest BCUT2D eigenvalue weighted by molar-refractivity contribution is -0.304. The molecule has 13 nitrogen and oxygen atoms in total. The van der Waals surface area contributed by atoms with Crippen molar-refractivity contribution in [3.8, 4) is 0 Å². The molecule has 14 heteroatoms. The summed E-state index contributed by atoms with van der Waals surface area (Å²) in [4.78, 5) is 14.8. The highest BCUT2D eigenvalue weighted by Crippen LogP contribution is 2.32. The number of aromatic nitrogens is 3. The molecular formula is C38H55ClN4O9. The molecule has 0 saturated carbocycles. The minimum Gasteiger partial charge on any atom is -0.459 e. The number of esters is 1. The molecule has 0 radical (unpaired) electrons. The number of allylic oxidation sites excluding steroid dienone is 3. The zero-order chi connectivity index (χ0) is 37.8. The van der Waals surface area contributed by atoms with Gasteiger partial charge in [0.25, 0.3) is 0 Å². The van der Waals surface area contributed by atoms with Gasteiger partial charge in [-0.25, -0.2) is 9.48 Å². The van der Waals surface area contributed by atoms with Crippen molar-refractivity contribution < 1.29 is 43.8 Å². The number of halogens is 1. The predicted molar refractivity (Wildman–Crippen MR) is 195 cm³/mol. The van der Waals surface area contributed by atoms with Gasteiger partial charge in [-0.3, -0.25) is 0 Å². The summed E-state index contributed by atoms with van der Waals surface area (Å²) in [6.45, 7) is 6.24. The molecule has 2 aliphatic rings. The van der Waals surface area contributed by atoms with E-state index in [4.69, 9.17) is 35.3 Å². The highest BCUT2D eigenvalue weighted by atomic mass is 35.5. The van der Waals surface area contributed by atoms with Crippen molar-refractivity contribution in [1.29, 1.82) is 0 Å². The summed E-state index contributed by atoms with van der Waals surface area (Å²) in [5.74, 6) is -0.794. The number of hydrogen-bond donors (Lipinski definition) is 3. The first-order valence-corrected chi connectivity index (χ1v) is 18.2. The van der Waals surface area contributed by atoms with Crippen LogP contribution in [0.3, 0.4) is 0 Å². The normalized spacial score (nSPS) is 34.1. The van der Waals surface area contributed by atoms with Gasteiger partial charge in [0.15, 0.2) is 6.29 Å². The molecule has 1 aromatic carbocycles. The second kappa shape index (κ2) is 20.5. The number of methoxy groups -OCH3 is 1. The summed E-state index contributed by atoms with van der Waals surface area (Å²) in [5, 5.41) is 41.3. The average Bonchev–Trinajstić information content (AvgIpc) is 3.54. The molecule has 0 aliphatic carbocycles. The Bertz CT molecular complexity index is 1470. The number of carbonyl (C=O) groups is 1. The molecule has 3 N–H and O–H groups in total. The van der Waals surface area contributed by atoms with Crippen LogP contribution in [-0.4, -0.2) is 124 Å². The second-order valence-electron chi connectivity index (χ2n) is 13.9. The van der Waals surface area contributed by atoms with Gasteiger partial charge in [0.2, 0.25) is 0 Å². The van der Waals surface area contributed by atoms with Crippen LogP contribution < -0.4 is 0 Å². The first-order chi connectivity index (χ1) is 24.9. The van der Waals surface area contributed by atoms with Crippen LogP contribution in [-0.2, 0) is 41.6 Å². The van der Waals surface area contributed by atoms with Crippen LogP contribution in [0.25, 0.3) is 0 Å². The number of aliphatic hydroxyl groups is 3. The van der Waals surface area contributed by atoms with Crippen molar-refractivity contribution in [2.24, 2.45) is 11.8 Å². The largest absolute Gasteiger partial charge is 0.459 e. The molecule has 1 aromatic heterocycles. The predicted octanol–water partition coefficient (Wildman–Crippen LogP) is 3.69. The lowest BCUT2D eigenvalue weighted by Crippen LogP contribution is -2.63. The average molecular weight is 747 g/mol. The molecule has 0 amide bonds. The number of nitrogens with zero attached hydrogens (tertiary/aromatic N) is 4. The van der Waals surface area contributed by atoms with Crippen molar-refractivity contribution in [3.05, 3.63) is 83.2 Å². The number of ether oxygens (including phenoxy) is 5. The first kappa shape index (κ1) is 41.8. The van der Waals surface area contributed by atoms with Gasteiger partial charge in [0, 0.05) is 31.2 Å². The van der Waals surface area contributed by atoms with Crippen LogP contribution in [0.5, 0.6) is 0 Å². The quantitative estimate of drug-likeness (QED) is 0.287. The van der Waals surface area contributed by atoms with Crippen LogP contribution in [0, 0.1) is 11.8 Å². The molecule has 11 atom stereocenters. The second-order valence-corrected chi connectivity index (χ2v) is 14.4. The Morgan fingerprint density at radius 3 is 2.46 bits per heavy atom. The maximum Gasteiger partial charge on any atom is 0.330 e. The summed E-state index contributed by atoms with van der Waals surface area (Å²) < 4.78 is 32.0. The molecular weight excluding hydrogens is 692 g/mol. The highest BCUT2D eigenvalue weighted by Gasteiger charge is 2.46. The van der Waals surface area contributed by atoms with Gasteiger partial charge in [-0.15, -0.1) is 5.10 Å². The van der Waals surface area contributed by atoms with E-state index in [9.17, 15) is 20.1 Å². The van der Waals surface area contributed by atoms with E-state index in [2.05, 4.69) is 23.3 Å². The fourth-order valence-electron chi connectivity index (χ4n) is 6.69. The van der Waals surface area contributed by atoms with Gasteiger partial charge < -0.3 is 43.9 Å². The molecule has 1 fully saturated rings. The minimum atomic E-state index is -1.18. The van der Waals surface area contributed by atoms with E-state index in [0.717, 1.165) is 5.56 Å². The minimum absolute atomic E-state index is 0.0492.